The highest BCUT2D eigenvalue weighted by Gasteiger charge is 2.14. The van der Waals surface area contributed by atoms with E-state index in [-0.39, 0.29) is 11.9 Å². The van der Waals surface area contributed by atoms with Gasteiger partial charge in [0.2, 0.25) is 0 Å². The molecule has 2 aromatic rings. The molecule has 1 N–H and O–H groups in total. The fourth-order valence-corrected chi connectivity index (χ4v) is 2.63. The Labute approximate surface area is 124 Å². The largest absolute Gasteiger partial charge is 0.307 e. The smallest absolute Gasteiger partial charge is 0.126 e. The van der Waals surface area contributed by atoms with E-state index < -0.39 is 0 Å². The molecule has 106 valence electrons. The summed E-state index contributed by atoms with van der Waals surface area (Å²) in [5.74, 6) is -0.147. The van der Waals surface area contributed by atoms with Crippen LogP contribution in [0.5, 0.6) is 0 Å². The summed E-state index contributed by atoms with van der Waals surface area (Å²) in [6.07, 6.45) is 2.06. The second kappa shape index (κ2) is 6.91. The van der Waals surface area contributed by atoms with Gasteiger partial charge in [0.1, 0.15) is 5.82 Å². The Bertz CT molecular complexity index is 566. The van der Waals surface area contributed by atoms with E-state index >= 15 is 0 Å². The topological polar surface area (TPSA) is 12.0 Å². The highest BCUT2D eigenvalue weighted by molar-refractivity contribution is 7.98. The van der Waals surface area contributed by atoms with E-state index in [9.17, 15) is 4.39 Å². The molecule has 3 heteroatoms. The molecule has 0 spiro atoms. The van der Waals surface area contributed by atoms with Gasteiger partial charge < -0.3 is 5.32 Å². The van der Waals surface area contributed by atoms with Crippen molar-refractivity contribution in [2.75, 3.05) is 12.8 Å². The minimum atomic E-state index is -0.147. The molecule has 0 aliphatic carbocycles. The second-order valence-electron chi connectivity index (χ2n) is 4.77. The van der Waals surface area contributed by atoms with Gasteiger partial charge in [-0.25, -0.2) is 4.39 Å². The third-order valence-electron chi connectivity index (χ3n) is 3.39. The first kappa shape index (κ1) is 15.1. The van der Waals surface area contributed by atoms with Crippen molar-refractivity contribution in [1.29, 1.82) is 0 Å². The standard InChI is InChI=1S/C17H20FNS/c1-4-19-17(13-7-9-15(20-3)10-8-13)14-6-5-12(2)16(18)11-14/h5-11,17,19H,4H2,1-3H3. The van der Waals surface area contributed by atoms with Crippen LogP contribution in [-0.4, -0.2) is 12.8 Å². The van der Waals surface area contributed by atoms with Crippen LogP contribution >= 0.6 is 11.8 Å². The number of thioether (sulfide) groups is 1. The van der Waals surface area contributed by atoms with Gasteiger partial charge in [0.25, 0.3) is 0 Å². The van der Waals surface area contributed by atoms with Crippen molar-refractivity contribution in [3.8, 4) is 0 Å². The van der Waals surface area contributed by atoms with Crippen molar-refractivity contribution in [1.82, 2.24) is 5.32 Å². The maximum atomic E-state index is 13.8. The van der Waals surface area contributed by atoms with Crippen molar-refractivity contribution in [2.24, 2.45) is 0 Å². The van der Waals surface area contributed by atoms with Gasteiger partial charge in [0.15, 0.2) is 0 Å². The van der Waals surface area contributed by atoms with E-state index in [4.69, 9.17) is 0 Å². The molecule has 0 radical (unpaired) electrons. The fraction of sp³-hybridized carbons (Fsp3) is 0.294. The monoisotopic (exact) mass is 289 g/mol. The Morgan fingerprint density at radius 2 is 1.75 bits per heavy atom. The first-order valence-corrected chi connectivity index (χ1v) is 8.01. The maximum absolute atomic E-state index is 13.8. The van der Waals surface area contributed by atoms with E-state index in [1.165, 1.54) is 4.90 Å². The molecule has 2 aromatic carbocycles. The van der Waals surface area contributed by atoms with E-state index in [1.807, 2.05) is 12.1 Å². The average molecular weight is 289 g/mol. The molecular weight excluding hydrogens is 269 g/mol. The molecule has 20 heavy (non-hydrogen) atoms. The molecule has 0 bridgehead atoms. The fourth-order valence-electron chi connectivity index (χ4n) is 2.22. The zero-order valence-corrected chi connectivity index (χ0v) is 12.9. The summed E-state index contributed by atoms with van der Waals surface area (Å²) in [4.78, 5) is 1.24. The summed E-state index contributed by atoms with van der Waals surface area (Å²) in [6, 6.07) is 13.9. The summed E-state index contributed by atoms with van der Waals surface area (Å²) in [5, 5.41) is 3.43. The molecule has 0 aromatic heterocycles. The molecule has 0 aliphatic rings. The molecular formula is C17H20FNS. The third-order valence-corrected chi connectivity index (χ3v) is 4.13. The number of hydrogen-bond donors (Lipinski definition) is 1. The number of aryl methyl sites for hydroxylation is 1. The van der Waals surface area contributed by atoms with Crippen LogP contribution in [0.2, 0.25) is 0 Å². The minimum Gasteiger partial charge on any atom is -0.307 e. The van der Waals surface area contributed by atoms with Crippen molar-refractivity contribution in [2.45, 2.75) is 24.8 Å². The van der Waals surface area contributed by atoms with Gasteiger partial charge in [-0.1, -0.05) is 31.2 Å². The lowest BCUT2D eigenvalue weighted by molar-refractivity contribution is 0.597. The predicted molar refractivity (Wildman–Crippen MR) is 84.9 cm³/mol. The zero-order chi connectivity index (χ0) is 14.5. The SMILES string of the molecule is CCNC(c1ccc(SC)cc1)c1ccc(C)c(F)c1. The summed E-state index contributed by atoms with van der Waals surface area (Å²) in [6.45, 7) is 4.69. The lowest BCUT2D eigenvalue weighted by Crippen LogP contribution is -2.22. The van der Waals surface area contributed by atoms with Crippen LogP contribution in [0.25, 0.3) is 0 Å². The van der Waals surface area contributed by atoms with E-state index in [0.29, 0.717) is 5.56 Å². The van der Waals surface area contributed by atoms with E-state index in [1.54, 1.807) is 24.8 Å². The van der Waals surface area contributed by atoms with Crippen LogP contribution < -0.4 is 5.32 Å². The van der Waals surface area contributed by atoms with Crippen LogP contribution in [0.15, 0.2) is 47.4 Å². The van der Waals surface area contributed by atoms with E-state index in [2.05, 4.69) is 42.8 Å². The van der Waals surface area contributed by atoms with Crippen molar-refractivity contribution >= 4 is 11.8 Å². The van der Waals surface area contributed by atoms with Gasteiger partial charge in [-0.05, 0) is 54.6 Å². The first-order valence-electron chi connectivity index (χ1n) is 6.79. The molecule has 1 unspecified atom stereocenters. The molecule has 0 saturated carbocycles. The molecule has 0 saturated heterocycles. The predicted octanol–water partition coefficient (Wildman–Crippen LogP) is 4.55. The van der Waals surface area contributed by atoms with E-state index in [0.717, 1.165) is 17.7 Å². The average Bonchev–Trinajstić information content (AvgIpc) is 2.48. The number of benzene rings is 2. The van der Waals surface area contributed by atoms with Gasteiger partial charge in [-0.3, -0.25) is 0 Å². The van der Waals surface area contributed by atoms with Gasteiger partial charge in [-0.2, -0.15) is 0 Å². The van der Waals surface area contributed by atoms with Crippen LogP contribution in [0.4, 0.5) is 4.39 Å². The maximum Gasteiger partial charge on any atom is 0.126 e. The van der Waals surface area contributed by atoms with Crippen LogP contribution in [0.1, 0.15) is 29.7 Å². The van der Waals surface area contributed by atoms with Crippen LogP contribution in [0.3, 0.4) is 0 Å². The summed E-state index contributed by atoms with van der Waals surface area (Å²) < 4.78 is 13.8. The molecule has 1 atom stereocenters. The lowest BCUT2D eigenvalue weighted by Gasteiger charge is -2.19. The summed E-state index contributed by atoms with van der Waals surface area (Å²) in [7, 11) is 0. The lowest BCUT2D eigenvalue weighted by atomic mass is 9.97. The Morgan fingerprint density at radius 1 is 1.10 bits per heavy atom. The van der Waals surface area contributed by atoms with Crippen molar-refractivity contribution < 1.29 is 4.39 Å². The Morgan fingerprint density at radius 3 is 2.30 bits per heavy atom. The third kappa shape index (κ3) is 3.41. The molecule has 1 nitrogen and oxygen atoms in total. The van der Waals surface area contributed by atoms with Crippen molar-refractivity contribution in [3.05, 3.63) is 65.0 Å². The summed E-state index contributed by atoms with van der Waals surface area (Å²) in [5.41, 5.74) is 2.81. The molecule has 2 rings (SSSR count). The van der Waals surface area contributed by atoms with Gasteiger partial charge >= 0.3 is 0 Å². The number of rotatable bonds is 5. The highest BCUT2D eigenvalue weighted by Crippen LogP contribution is 2.25. The Balaban J connectivity index is 2.35. The normalized spacial score (nSPS) is 12.4. The second-order valence-corrected chi connectivity index (χ2v) is 5.65. The quantitative estimate of drug-likeness (QED) is 0.810. The zero-order valence-electron chi connectivity index (χ0n) is 12.1. The minimum absolute atomic E-state index is 0.0333. The number of halogens is 1. The van der Waals surface area contributed by atoms with Crippen LogP contribution in [-0.2, 0) is 0 Å². The van der Waals surface area contributed by atoms with Gasteiger partial charge in [-0.15, -0.1) is 11.8 Å². The Hall–Kier alpha value is -1.32. The molecule has 0 fully saturated rings. The number of nitrogens with one attached hydrogen (secondary N) is 1. The summed E-state index contributed by atoms with van der Waals surface area (Å²) >= 11 is 1.72. The number of hydrogen-bond acceptors (Lipinski definition) is 2. The molecule has 0 heterocycles. The highest BCUT2D eigenvalue weighted by atomic mass is 32.2. The van der Waals surface area contributed by atoms with Crippen LogP contribution in [0, 0.1) is 12.7 Å². The molecule has 0 amide bonds. The Kier molecular flexibility index (Phi) is 5.21. The van der Waals surface area contributed by atoms with Gasteiger partial charge in [0.05, 0.1) is 6.04 Å². The van der Waals surface area contributed by atoms with Crippen molar-refractivity contribution in [3.63, 3.8) is 0 Å². The van der Waals surface area contributed by atoms with Gasteiger partial charge in [0, 0.05) is 4.90 Å². The molecule has 0 aliphatic heterocycles. The first-order chi connectivity index (χ1) is 9.65.